The Morgan fingerprint density at radius 2 is 1.31 bits per heavy atom. The topological polar surface area (TPSA) is 0 Å². The van der Waals surface area contributed by atoms with E-state index in [4.69, 9.17) is 0 Å². The van der Waals surface area contributed by atoms with E-state index in [1.165, 1.54) is 16.4 Å². The summed E-state index contributed by atoms with van der Waals surface area (Å²) in [5.41, 5.74) is 3.35. The van der Waals surface area contributed by atoms with Gasteiger partial charge in [0.25, 0.3) is 0 Å². The Balaban J connectivity index is 2.20. The Kier molecular flexibility index (Phi) is 3.74. The molecule has 0 spiro atoms. The van der Waals surface area contributed by atoms with E-state index >= 15 is 0 Å². The summed E-state index contributed by atoms with van der Waals surface area (Å²) in [5.74, 6) is 0. The SMILES string of the molecule is CC(C)Pc1ccc(-c2ccccc2)cc1. The number of rotatable bonds is 3. The van der Waals surface area contributed by atoms with Gasteiger partial charge in [-0.05, 0) is 22.1 Å². The predicted octanol–water partition coefficient (Wildman–Crippen LogP) is 4.07. The van der Waals surface area contributed by atoms with E-state index in [9.17, 15) is 0 Å². The molecule has 16 heavy (non-hydrogen) atoms. The maximum absolute atomic E-state index is 2.27. The lowest BCUT2D eigenvalue weighted by atomic mass is 10.1. The van der Waals surface area contributed by atoms with Crippen molar-refractivity contribution in [3.8, 4) is 11.1 Å². The van der Waals surface area contributed by atoms with Crippen molar-refractivity contribution in [1.29, 1.82) is 0 Å². The average molecular weight is 228 g/mol. The van der Waals surface area contributed by atoms with Crippen LogP contribution in [0.1, 0.15) is 13.8 Å². The van der Waals surface area contributed by atoms with Gasteiger partial charge in [-0.1, -0.05) is 77.0 Å². The standard InChI is InChI=1S/C15H17P/c1-12(2)16-15-10-8-14(9-11-15)13-6-4-3-5-7-13/h3-12,16H,1-2H3. The van der Waals surface area contributed by atoms with Crippen LogP contribution in [0.5, 0.6) is 0 Å². The van der Waals surface area contributed by atoms with Gasteiger partial charge in [-0.2, -0.15) is 0 Å². The summed E-state index contributed by atoms with van der Waals surface area (Å²) in [6, 6.07) is 19.5. The summed E-state index contributed by atoms with van der Waals surface area (Å²) >= 11 is 0. The number of hydrogen-bond donors (Lipinski definition) is 0. The zero-order valence-electron chi connectivity index (χ0n) is 9.77. The van der Waals surface area contributed by atoms with E-state index in [1.54, 1.807) is 0 Å². The molecule has 0 amide bonds. The third-order valence-corrected chi connectivity index (χ3v) is 3.69. The first-order chi connectivity index (χ1) is 7.75. The Morgan fingerprint density at radius 1 is 0.750 bits per heavy atom. The highest BCUT2D eigenvalue weighted by molar-refractivity contribution is 7.47. The van der Waals surface area contributed by atoms with Crippen LogP contribution in [0.4, 0.5) is 0 Å². The van der Waals surface area contributed by atoms with Gasteiger partial charge in [-0.15, -0.1) is 0 Å². The van der Waals surface area contributed by atoms with Crippen molar-refractivity contribution in [3.05, 3.63) is 54.6 Å². The summed E-state index contributed by atoms with van der Waals surface area (Å²) in [7, 11) is 0.915. The molecule has 0 N–H and O–H groups in total. The predicted molar refractivity (Wildman–Crippen MR) is 75.0 cm³/mol. The maximum Gasteiger partial charge on any atom is -0.0184 e. The quantitative estimate of drug-likeness (QED) is 0.695. The van der Waals surface area contributed by atoms with Crippen molar-refractivity contribution in [2.24, 2.45) is 0 Å². The molecule has 0 bridgehead atoms. The van der Waals surface area contributed by atoms with Crippen molar-refractivity contribution >= 4 is 13.9 Å². The maximum atomic E-state index is 2.27. The molecule has 1 heteroatoms. The smallest absolute Gasteiger partial charge is 0.0184 e. The van der Waals surface area contributed by atoms with Gasteiger partial charge < -0.3 is 0 Å². The normalized spacial score (nSPS) is 11.4. The zero-order valence-corrected chi connectivity index (χ0v) is 10.8. The average Bonchev–Trinajstić information content (AvgIpc) is 2.30. The lowest BCUT2D eigenvalue weighted by molar-refractivity contribution is 1.11. The molecule has 0 aliphatic rings. The summed E-state index contributed by atoms with van der Waals surface area (Å²) in [6.07, 6.45) is 0. The van der Waals surface area contributed by atoms with Crippen molar-refractivity contribution in [1.82, 2.24) is 0 Å². The molecule has 82 valence electrons. The van der Waals surface area contributed by atoms with E-state index in [0.717, 1.165) is 14.2 Å². The fourth-order valence-corrected chi connectivity index (χ4v) is 2.75. The Morgan fingerprint density at radius 3 is 1.88 bits per heavy atom. The molecule has 0 aliphatic carbocycles. The molecule has 1 atom stereocenters. The van der Waals surface area contributed by atoms with E-state index in [2.05, 4.69) is 68.4 Å². The highest BCUT2D eigenvalue weighted by atomic mass is 31.1. The van der Waals surface area contributed by atoms with Crippen LogP contribution in [0.25, 0.3) is 11.1 Å². The first-order valence-corrected chi connectivity index (χ1v) is 6.75. The first kappa shape index (κ1) is 11.4. The van der Waals surface area contributed by atoms with Crippen LogP contribution in [0.3, 0.4) is 0 Å². The Labute approximate surface area is 99.5 Å². The minimum atomic E-state index is 0.752. The van der Waals surface area contributed by atoms with E-state index in [1.807, 2.05) is 0 Å². The fraction of sp³-hybridized carbons (Fsp3) is 0.200. The van der Waals surface area contributed by atoms with Crippen LogP contribution >= 0.6 is 8.58 Å². The van der Waals surface area contributed by atoms with Crippen molar-refractivity contribution in [2.75, 3.05) is 0 Å². The molecular weight excluding hydrogens is 211 g/mol. The highest BCUT2D eigenvalue weighted by Gasteiger charge is 1.99. The second kappa shape index (κ2) is 5.27. The van der Waals surface area contributed by atoms with E-state index in [0.29, 0.717) is 0 Å². The summed E-state index contributed by atoms with van der Waals surface area (Å²) in [5, 5.41) is 1.45. The van der Waals surface area contributed by atoms with Gasteiger partial charge in [-0.3, -0.25) is 0 Å². The molecule has 2 aromatic carbocycles. The second-order valence-corrected chi connectivity index (χ2v) is 6.26. The van der Waals surface area contributed by atoms with Crippen LogP contribution in [0.2, 0.25) is 0 Å². The van der Waals surface area contributed by atoms with Gasteiger partial charge in [0.2, 0.25) is 0 Å². The summed E-state index contributed by atoms with van der Waals surface area (Å²) in [4.78, 5) is 0. The lowest BCUT2D eigenvalue weighted by Gasteiger charge is -2.06. The molecule has 0 heterocycles. The van der Waals surface area contributed by atoms with Crippen LogP contribution in [0, 0.1) is 0 Å². The minimum absolute atomic E-state index is 0.752. The molecule has 0 saturated heterocycles. The van der Waals surface area contributed by atoms with Gasteiger partial charge in [0.1, 0.15) is 0 Å². The lowest BCUT2D eigenvalue weighted by Crippen LogP contribution is -1.98. The van der Waals surface area contributed by atoms with E-state index in [-0.39, 0.29) is 0 Å². The van der Waals surface area contributed by atoms with Gasteiger partial charge in [0, 0.05) is 0 Å². The molecule has 0 aromatic heterocycles. The molecular formula is C15H17P. The van der Waals surface area contributed by atoms with Crippen LogP contribution in [0.15, 0.2) is 54.6 Å². The molecule has 0 aliphatic heterocycles. The highest BCUT2D eigenvalue weighted by Crippen LogP contribution is 2.21. The summed E-state index contributed by atoms with van der Waals surface area (Å²) < 4.78 is 0. The molecule has 0 fully saturated rings. The largest absolute Gasteiger partial charge is 0.0878 e. The second-order valence-electron chi connectivity index (χ2n) is 4.24. The van der Waals surface area contributed by atoms with Gasteiger partial charge >= 0.3 is 0 Å². The third kappa shape index (κ3) is 2.93. The fourth-order valence-electron chi connectivity index (χ4n) is 1.72. The molecule has 0 radical (unpaired) electrons. The molecule has 0 nitrogen and oxygen atoms in total. The van der Waals surface area contributed by atoms with Crippen LogP contribution < -0.4 is 5.30 Å². The van der Waals surface area contributed by atoms with Gasteiger partial charge in [0.05, 0.1) is 0 Å². The molecule has 0 saturated carbocycles. The Bertz CT molecular complexity index is 429. The Hall–Kier alpha value is -1.13. The van der Waals surface area contributed by atoms with E-state index < -0.39 is 0 Å². The molecule has 2 aromatic rings. The van der Waals surface area contributed by atoms with Crippen LogP contribution in [-0.2, 0) is 0 Å². The van der Waals surface area contributed by atoms with Crippen LogP contribution in [-0.4, -0.2) is 5.66 Å². The van der Waals surface area contributed by atoms with Gasteiger partial charge in [0.15, 0.2) is 0 Å². The molecule has 1 unspecified atom stereocenters. The van der Waals surface area contributed by atoms with Crippen molar-refractivity contribution in [3.63, 3.8) is 0 Å². The monoisotopic (exact) mass is 228 g/mol. The number of benzene rings is 2. The molecule has 2 rings (SSSR count). The first-order valence-electron chi connectivity index (χ1n) is 5.68. The van der Waals surface area contributed by atoms with Crippen molar-refractivity contribution < 1.29 is 0 Å². The third-order valence-electron chi connectivity index (χ3n) is 2.45. The zero-order chi connectivity index (χ0) is 11.4. The van der Waals surface area contributed by atoms with Gasteiger partial charge in [-0.25, -0.2) is 0 Å². The van der Waals surface area contributed by atoms with Crippen molar-refractivity contribution in [2.45, 2.75) is 19.5 Å². The minimum Gasteiger partial charge on any atom is -0.0878 e. The summed E-state index contributed by atoms with van der Waals surface area (Å²) in [6.45, 7) is 4.53. The number of hydrogen-bond acceptors (Lipinski definition) is 0.